The first-order valence-electron chi connectivity index (χ1n) is 8.08. The predicted octanol–water partition coefficient (Wildman–Crippen LogP) is 4.22. The van der Waals surface area contributed by atoms with Crippen molar-refractivity contribution in [2.75, 3.05) is 0 Å². The average Bonchev–Trinajstić information content (AvgIpc) is 2.61. The second-order valence-corrected chi connectivity index (χ2v) is 7.27. The van der Waals surface area contributed by atoms with Gasteiger partial charge in [0.15, 0.2) is 6.10 Å². The minimum absolute atomic E-state index is 0.127. The fourth-order valence-electron chi connectivity index (χ4n) is 3.63. The second kappa shape index (κ2) is 7.65. The summed E-state index contributed by atoms with van der Waals surface area (Å²) in [6.45, 7) is 2.25. The Morgan fingerprint density at radius 1 is 1.15 bits per heavy atom. The van der Waals surface area contributed by atoms with E-state index < -0.39 is 12.1 Å². The first kappa shape index (κ1) is 16.1. The quantitative estimate of drug-likeness (QED) is 0.624. The number of halogens is 1. The highest BCUT2D eigenvalue weighted by Crippen LogP contribution is 2.33. The predicted molar refractivity (Wildman–Crippen MR) is 80.1 cm³/mol. The second-order valence-electron chi connectivity index (χ2n) is 6.65. The minimum atomic E-state index is -0.792. The number of carboxylic acid groups (broad SMARTS) is 1. The summed E-state index contributed by atoms with van der Waals surface area (Å²) in [7, 11) is 0. The van der Waals surface area contributed by atoms with Crippen LogP contribution in [0.2, 0.25) is 0 Å². The molecule has 0 radical (unpaired) electrons. The van der Waals surface area contributed by atoms with Crippen LogP contribution >= 0.6 is 11.6 Å². The van der Waals surface area contributed by atoms with E-state index in [-0.39, 0.29) is 17.4 Å². The maximum Gasteiger partial charge on any atom is 0.333 e. The van der Waals surface area contributed by atoms with E-state index in [0.29, 0.717) is 5.92 Å². The van der Waals surface area contributed by atoms with E-state index >= 15 is 0 Å². The van der Waals surface area contributed by atoms with E-state index in [2.05, 4.69) is 6.92 Å². The van der Waals surface area contributed by atoms with E-state index in [9.17, 15) is 9.90 Å². The van der Waals surface area contributed by atoms with Gasteiger partial charge in [0, 0.05) is 5.38 Å². The van der Waals surface area contributed by atoms with Crippen molar-refractivity contribution in [1.29, 1.82) is 0 Å². The van der Waals surface area contributed by atoms with Crippen molar-refractivity contribution in [1.82, 2.24) is 0 Å². The molecular formula is C16H27ClO3. The van der Waals surface area contributed by atoms with Crippen LogP contribution in [-0.2, 0) is 9.53 Å². The van der Waals surface area contributed by atoms with Gasteiger partial charge in [-0.25, -0.2) is 4.79 Å². The van der Waals surface area contributed by atoms with Gasteiger partial charge in [0.2, 0.25) is 0 Å². The van der Waals surface area contributed by atoms with Crippen LogP contribution in [0.15, 0.2) is 0 Å². The number of hydrogen-bond acceptors (Lipinski definition) is 2. The highest BCUT2D eigenvalue weighted by Gasteiger charge is 2.34. The Morgan fingerprint density at radius 2 is 1.80 bits per heavy atom. The normalized spacial score (nSPS) is 37.1. The SMILES string of the molecule is C[C@@H]1CCCCC(O[C@H](C(=O)O)C2CCC(Cl)CC2)C1. The van der Waals surface area contributed by atoms with Crippen LogP contribution in [0.4, 0.5) is 0 Å². The van der Waals surface area contributed by atoms with E-state index in [0.717, 1.165) is 44.9 Å². The molecule has 0 spiro atoms. The molecule has 0 saturated heterocycles. The Balaban J connectivity index is 1.92. The van der Waals surface area contributed by atoms with Gasteiger partial charge >= 0.3 is 5.97 Å². The van der Waals surface area contributed by atoms with Gasteiger partial charge < -0.3 is 9.84 Å². The lowest BCUT2D eigenvalue weighted by atomic mass is 9.84. The number of hydrogen-bond donors (Lipinski definition) is 1. The summed E-state index contributed by atoms with van der Waals surface area (Å²) >= 11 is 6.11. The lowest BCUT2D eigenvalue weighted by Gasteiger charge is -2.32. The summed E-state index contributed by atoms with van der Waals surface area (Å²) in [5.74, 6) is -0.00324. The fourth-order valence-corrected chi connectivity index (χ4v) is 3.88. The highest BCUT2D eigenvalue weighted by molar-refractivity contribution is 6.20. The lowest BCUT2D eigenvalue weighted by Crippen LogP contribution is -2.38. The molecule has 4 heteroatoms. The molecule has 0 amide bonds. The topological polar surface area (TPSA) is 46.5 Å². The molecule has 0 aliphatic heterocycles. The van der Waals surface area contributed by atoms with Gasteiger partial charge in [-0.1, -0.05) is 26.2 Å². The van der Waals surface area contributed by atoms with Gasteiger partial charge in [-0.3, -0.25) is 0 Å². The molecule has 2 saturated carbocycles. The van der Waals surface area contributed by atoms with Crippen LogP contribution in [0.3, 0.4) is 0 Å². The third-order valence-corrected chi connectivity index (χ3v) is 5.29. The smallest absolute Gasteiger partial charge is 0.333 e. The summed E-state index contributed by atoms with van der Waals surface area (Å²) in [5, 5.41) is 9.72. The van der Waals surface area contributed by atoms with Crippen LogP contribution < -0.4 is 0 Å². The maximum absolute atomic E-state index is 11.6. The molecule has 2 aliphatic carbocycles. The first-order valence-corrected chi connectivity index (χ1v) is 8.52. The Labute approximate surface area is 127 Å². The van der Waals surface area contributed by atoms with E-state index in [1.54, 1.807) is 0 Å². The van der Waals surface area contributed by atoms with Crippen molar-refractivity contribution < 1.29 is 14.6 Å². The molecular weight excluding hydrogens is 276 g/mol. The summed E-state index contributed by atoms with van der Waals surface area (Å²) in [6, 6.07) is 0. The number of carboxylic acids is 1. The molecule has 0 aromatic carbocycles. The van der Waals surface area contributed by atoms with Crippen molar-refractivity contribution in [3.8, 4) is 0 Å². The Bertz CT molecular complexity index is 313. The standard InChI is InChI=1S/C16H27ClO3/c1-11-4-2-3-5-14(10-11)20-15(16(18)19)12-6-8-13(17)9-7-12/h11-15H,2-10H2,1H3,(H,18,19)/t11-,12?,13?,14?,15+/m1/s1. The summed E-state index contributed by atoms with van der Waals surface area (Å²) < 4.78 is 6.04. The van der Waals surface area contributed by atoms with Crippen molar-refractivity contribution in [2.45, 2.75) is 82.3 Å². The highest BCUT2D eigenvalue weighted by atomic mass is 35.5. The van der Waals surface area contributed by atoms with Crippen molar-refractivity contribution in [3.05, 3.63) is 0 Å². The Hall–Kier alpha value is -0.280. The molecule has 3 nitrogen and oxygen atoms in total. The average molecular weight is 303 g/mol. The van der Waals surface area contributed by atoms with E-state index in [1.165, 1.54) is 12.8 Å². The molecule has 20 heavy (non-hydrogen) atoms. The van der Waals surface area contributed by atoms with Crippen molar-refractivity contribution >= 4 is 17.6 Å². The number of aliphatic carboxylic acids is 1. The van der Waals surface area contributed by atoms with Crippen LogP contribution in [0.5, 0.6) is 0 Å². The Morgan fingerprint density at radius 3 is 2.45 bits per heavy atom. The summed E-state index contributed by atoms with van der Waals surface area (Å²) in [4.78, 5) is 11.6. The number of ether oxygens (including phenoxy) is 1. The molecule has 2 fully saturated rings. The molecule has 0 aromatic heterocycles. The van der Waals surface area contributed by atoms with Crippen LogP contribution in [-0.4, -0.2) is 28.7 Å². The molecule has 1 N–H and O–H groups in total. The first-order chi connectivity index (χ1) is 9.56. The molecule has 2 rings (SSSR count). The summed E-state index contributed by atoms with van der Waals surface area (Å²) in [5.41, 5.74) is 0. The zero-order valence-electron chi connectivity index (χ0n) is 12.4. The van der Waals surface area contributed by atoms with Gasteiger partial charge in [-0.2, -0.15) is 0 Å². The zero-order chi connectivity index (χ0) is 14.5. The van der Waals surface area contributed by atoms with Gasteiger partial charge in [0.1, 0.15) is 0 Å². The molecule has 116 valence electrons. The zero-order valence-corrected chi connectivity index (χ0v) is 13.1. The van der Waals surface area contributed by atoms with Crippen molar-refractivity contribution in [2.24, 2.45) is 11.8 Å². The van der Waals surface area contributed by atoms with Crippen LogP contribution in [0.25, 0.3) is 0 Å². The van der Waals surface area contributed by atoms with E-state index in [4.69, 9.17) is 16.3 Å². The third-order valence-electron chi connectivity index (χ3n) is 4.85. The van der Waals surface area contributed by atoms with Gasteiger partial charge in [0.25, 0.3) is 0 Å². The minimum Gasteiger partial charge on any atom is -0.479 e. The summed E-state index contributed by atoms with van der Waals surface area (Å²) in [6.07, 6.45) is 8.77. The van der Waals surface area contributed by atoms with E-state index in [1.807, 2.05) is 0 Å². The van der Waals surface area contributed by atoms with Gasteiger partial charge in [-0.15, -0.1) is 11.6 Å². The van der Waals surface area contributed by atoms with Crippen LogP contribution in [0.1, 0.15) is 64.7 Å². The van der Waals surface area contributed by atoms with Crippen molar-refractivity contribution in [3.63, 3.8) is 0 Å². The fraction of sp³-hybridized carbons (Fsp3) is 0.938. The monoisotopic (exact) mass is 302 g/mol. The molecule has 2 aliphatic rings. The van der Waals surface area contributed by atoms with Crippen LogP contribution in [0, 0.1) is 11.8 Å². The number of carbonyl (C=O) groups is 1. The van der Waals surface area contributed by atoms with Gasteiger partial charge in [0.05, 0.1) is 6.10 Å². The molecule has 1 unspecified atom stereocenters. The Kier molecular flexibility index (Phi) is 6.16. The molecule has 0 heterocycles. The molecule has 0 bridgehead atoms. The third kappa shape index (κ3) is 4.63. The molecule has 3 atom stereocenters. The number of alkyl halides is 1. The maximum atomic E-state index is 11.6. The molecule has 0 aromatic rings. The lowest BCUT2D eigenvalue weighted by molar-refractivity contribution is -0.161. The largest absolute Gasteiger partial charge is 0.479 e. The number of rotatable bonds is 4. The van der Waals surface area contributed by atoms with Gasteiger partial charge in [-0.05, 0) is 50.4 Å².